The van der Waals surface area contributed by atoms with Crippen molar-refractivity contribution in [2.45, 2.75) is 6.04 Å². The first-order valence-corrected chi connectivity index (χ1v) is 7.70. The maximum atomic E-state index is 12.4. The van der Waals surface area contributed by atoms with E-state index in [1.54, 1.807) is 23.1 Å². The Hall–Kier alpha value is -2.42. The van der Waals surface area contributed by atoms with E-state index in [0.717, 1.165) is 11.8 Å². The van der Waals surface area contributed by atoms with Crippen LogP contribution in [-0.2, 0) is 4.79 Å². The minimum Gasteiger partial charge on any atom is -0.334 e. The molecule has 0 spiro atoms. The molecule has 8 nitrogen and oxygen atoms in total. The van der Waals surface area contributed by atoms with Crippen LogP contribution >= 0.6 is 11.8 Å². The highest BCUT2D eigenvalue weighted by Crippen LogP contribution is 2.27. The van der Waals surface area contributed by atoms with E-state index in [1.165, 1.54) is 4.90 Å². The van der Waals surface area contributed by atoms with Crippen LogP contribution in [0.4, 0.5) is 4.79 Å². The lowest BCUT2D eigenvalue weighted by Crippen LogP contribution is -2.62. The molecule has 1 aromatic heterocycles. The number of H-pyrrole nitrogens is 1. The first-order valence-electron chi connectivity index (χ1n) is 6.72. The van der Waals surface area contributed by atoms with Gasteiger partial charge in [-0.15, -0.1) is 0 Å². The van der Waals surface area contributed by atoms with Crippen LogP contribution in [0.2, 0.25) is 0 Å². The lowest BCUT2D eigenvalue weighted by atomic mass is 10.0. The van der Waals surface area contributed by atoms with E-state index in [2.05, 4.69) is 15.4 Å². The number of nitrogens with one attached hydrogen (secondary N) is 1. The van der Waals surface area contributed by atoms with Gasteiger partial charge in [-0.1, -0.05) is 11.8 Å². The van der Waals surface area contributed by atoms with Gasteiger partial charge in [0.05, 0.1) is 11.8 Å². The van der Waals surface area contributed by atoms with Gasteiger partial charge in [0, 0.05) is 18.7 Å². The van der Waals surface area contributed by atoms with Crippen molar-refractivity contribution in [1.29, 1.82) is 0 Å². The lowest BCUT2D eigenvalue weighted by Gasteiger charge is -2.42. The van der Waals surface area contributed by atoms with Crippen LogP contribution < -0.4 is 0 Å². The van der Waals surface area contributed by atoms with Gasteiger partial charge in [0.15, 0.2) is 0 Å². The van der Waals surface area contributed by atoms with E-state index >= 15 is 0 Å². The molecule has 0 unspecified atom stereocenters. The number of hydrogen-bond donors (Lipinski definition) is 1. The van der Waals surface area contributed by atoms with Gasteiger partial charge in [-0.3, -0.25) is 19.3 Å². The third kappa shape index (κ3) is 1.97. The van der Waals surface area contributed by atoms with Gasteiger partial charge in [0.1, 0.15) is 11.0 Å². The van der Waals surface area contributed by atoms with Crippen LogP contribution in [0.5, 0.6) is 0 Å². The largest absolute Gasteiger partial charge is 0.334 e. The summed E-state index contributed by atoms with van der Waals surface area (Å²) in [5.41, 5.74) is 1.85. The summed E-state index contributed by atoms with van der Waals surface area (Å²) in [6, 6.07) is 4.90. The quantitative estimate of drug-likeness (QED) is 0.865. The molecule has 2 saturated heterocycles. The van der Waals surface area contributed by atoms with Gasteiger partial charge >= 0.3 is 0 Å². The molecule has 2 aromatic rings. The Morgan fingerprint density at radius 2 is 2.00 bits per heavy atom. The Kier molecular flexibility index (Phi) is 2.89. The molecule has 4 rings (SSSR count). The van der Waals surface area contributed by atoms with Gasteiger partial charge in [0.25, 0.3) is 11.1 Å². The molecule has 0 atom stereocenters. The summed E-state index contributed by atoms with van der Waals surface area (Å²) in [6.07, 6.45) is 0. The van der Waals surface area contributed by atoms with Crippen molar-refractivity contribution in [1.82, 2.24) is 25.2 Å². The van der Waals surface area contributed by atoms with Crippen LogP contribution in [-0.4, -0.2) is 67.1 Å². The van der Waals surface area contributed by atoms with E-state index in [1.807, 2.05) is 0 Å². The van der Waals surface area contributed by atoms with Crippen LogP contribution in [0.3, 0.4) is 0 Å². The Morgan fingerprint density at radius 1 is 1.23 bits per heavy atom. The van der Waals surface area contributed by atoms with Gasteiger partial charge in [-0.2, -0.15) is 15.4 Å². The van der Waals surface area contributed by atoms with Crippen molar-refractivity contribution >= 4 is 39.8 Å². The zero-order valence-electron chi connectivity index (χ0n) is 11.4. The molecule has 0 bridgehead atoms. The Balaban J connectivity index is 1.47. The average molecular weight is 317 g/mol. The molecule has 2 fully saturated rings. The average Bonchev–Trinajstić information content (AvgIpc) is 3.05. The second kappa shape index (κ2) is 4.80. The summed E-state index contributed by atoms with van der Waals surface area (Å²) >= 11 is 1.01. The second-order valence-corrected chi connectivity index (χ2v) is 6.14. The zero-order valence-corrected chi connectivity index (χ0v) is 12.2. The van der Waals surface area contributed by atoms with Crippen molar-refractivity contribution < 1.29 is 14.4 Å². The van der Waals surface area contributed by atoms with E-state index in [9.17, 15) is 14.4 Å². The standard InChI is InChI=1S/C13H11N5O3S/c19-11-6-22-13(21)18(11)8-4-17(5-8)12(20)7-1-2-9-10(3-7)15-16-14-9/h1-3,8H,4-6H2,(H,14,15,16). The lowest BCUT2D eigenvalue weighted by molar-refractivity contribution is -0.128. The third-order valence-corrected chi connectivity index (χ3v) is 4.70. The number of aromatic amines is 1. The van der Waals surface area contributed by atoms with Gasteiger partial charge in [-0.05, 0) is 18.2 Å². The maximum Gasteiger partial charge on any atom is 0.289 e. The molecule has 9 heteroatoms. The van der Waals surface area contributed by atoms with Crippen LogP contribution in [0.15, 0.2) is 18.2 Å². The number of imide groups is 1. The number of amides is 3. The fraction of sp³-hybridized carbons (Fsp3) is 0.308. The Labute approximate surface area is 128 Å². The minimum atomic E-state index is -0.217. The summed E-state index contributed by atoms with van der Waals surface area (Å²) in [6.45, 7) is 0.765. The molecule has 3 amide bonds. The maximum absolute atomic E-state index is 12.4. The van der Waals surface area contributed by atoms with Crippen LogP contribution in [0.1, 0.15) is 10.4 Å². The predicted molar refractivity (Wildman–Crippen MR) is 78.3 cm³/mol. The van der Waals surface area contributed by atoms with Crippen molar-refractivity contribution in [3.8, 4) is 0 Å². The number of carbonyl (C=O) groups is 3. The first kappa shape index (κ1) is 13.3. The number of thioether (sulfide) groups is 1. The number of fused-ring (bicyclic) bond motifs is 1. The molecular formula is C13H11N5O3S. The number of nitrogens with zero attached hydrogens (tertiary/aromatic N) is 4. The summed E-state index contributed by atoms with van der Waals surface area (Å²) in [7, 11) is 0. The fourth-order valence-corrected chi connectivity index (χ4v) is 3.43. The van der Waals surface area contributed by atoms with Gasteiger partial charge in [0.2, 0.25) is 5.91 Å². The van der Waals surface area contributed by atoms with Crippen molar-refractivity contribution in [3.63, 3.8) is 0 Å². The summed E-state index contributed by atoms with van der Waals surface area (Å²) in [5, 5.41) is 10.2. The molecule has 1 aromatic carbocycles. The normalized spacial score (nSPS) is 19.1. The molecular weight excluding hydrogens is 306 g/mol. The van der Waals surface area contributed by atoms with Crippen LogP contribution in [0.25, 0.3) is 11.0 Å². The van der Waals surface area contributed by atoms with E-state index < -0.39 is 0 Å². The number of benzene rings is 1. The van der Waals surface area contributed by atoms with Crippen LogP contribution in [0, 0.1) is 0 Å². The molecule has 0 saturated carbocycles. The fourth-order valence-electron chi connectivity index (χ4n) is 2.66. The summed E-state index contributed by atoms with van der Waals surface area (Å²) in [4.78, 5) is 38.6. The molecule has 2 aliphatic heterocycles. The van der Waals surface area contributed by atoms with E-state index in [4.69, 9.17) is 0 Å². The van der Waals surface area contributed by atoms with Crippen molar-refractivity contribution in [3.05, 3.63) is 23.8 Å². The van der Waals surface area contributed by atoms with E-state index in [-0.39, 0.29) is 28.8 Å². The molecule has 3 heterocycles. The Morgan fingerprint density at radius 3 is 2.73 bits per heavy atom. The number of likely N-dealkylation sites (tertiary alicyclic amines) is 1. The van der Waals surface area contributed by atoms with Crippen molar-refractivity contribution in [2.24, 2.45) is 0 Å². The predicted octanol–water partition coefficient (Wildman–Crippen LogP) is 0.478. The summed E-state index contributed by atoms with van der Waals surface area (Å²) < 4.78 is 0. The first-order chi connectivity index (χ1) is 10.6. The molecule has 112 valence electrons. The molecule has 22 heavy (non-hydrogen) atoms. The molecule has 0 aliphatic carbocycles. The monoisotopic (exact) mass is 317 g/mol. The van der Waals surface area contributed by atoms with Crippen molar-refractivity contribution in [2.75, 3.05) is 18.8 Å². The molecule has 0 radical (unpaired) electrons. The number of carbonyl (C=O) groups excluding carboxylic acids is 3. The smallest absolute Gasteiger partial charge is 0.289 e. The number of aromatic nitrogens is 3. The number of hydrogen-bond acceptors (Lipinski definition) is 6. The topological polar surface area (TPSA) is 99.3 Å². The second-order valence-electron chi connectivity index (χ2n) is 5.21. The summed E-state index contributed by atoms with van der Waals surface area (Å²) in [5.74, 6) is -0.101. The van der Waals surface area contributed by atoms with E-state index in [0.29, 0.717) is 29.7 Å². The minimum absolute atomic E-state index is 0.132. The zero-order chi connectivity index (χ0) is 15.3. The highest BCUT2D eigenvalue weighted by Gasteiger charge is 2.43. The third-order valence-electron chi connectivity index (χ3n) is 3.86. The highest BCUT2D eigenvalue weighted by molar-refractivity contribution is 8.14. The number of rotatable bonds is 2. The Bertz CT molecular complexity index is 782. The highest BCUT2D eigenvalue weighted by atomic mass is 32.2. The van der Waals surface area contributed by atoms with Gasteiger partial charge < -0.3 is 4.90 Å². The molecule has 2 aliphatic rings. The SMILES string of the molecule is O=C(c1ccc2n[nH]nc2c1)N1CC(N2C(=O)CSC2=O)C1. The van der Waals surface area contributed by atoms with Gasteiger partial charge in [-0.25, -0.2) is 0 Å². The molecule has 1 N–H and O–H groups in total.